The van der Waals surface area contributed by atoms with Gasteiger partial charge in [0.1, 0.15) is 11.5 Å². The van der Waals surface area contributed by atoms with E-state index in [1.807, 2.05) is 12.1 Å². The van der Waals surface area contributed by atoms with Gasteiger partial charge in [-0.05, 0) is 46.4 Å². The van der Waals surface area contributed by atoms with Gasteiger partial charge >= 0.3 is 4.87 Å². The first kappa shape index (κ1) is 22.5. The highest BCUT2D eigenvalue weighted by Crippen LogP contribution is 2.49. The molecular weight excluding hydrogens is 422 g/mol. The fraction of sp³-hybridized carbons (Fsp3) is 0.423. The van der Waals surface area contributed by atoms with Crippen molar-refractivity contribution in [2.75, 3.05) is 14.2 Å². The van der Waals surface area contributed by atoms with Gasteiger partial charge in [0.05, 0.1) is 24.7 Å². The monoisotopic (exact) mass is 453 g/mol. The van der Waals surface area contributed by atoms with Crippen LogP contribution in [0.4, 0.5) is 0 Å². The molecule has 0 atom stereocenters. The largest absolute Gasteiger partial charge is 0.496 e. The highest BCUT2D eigenvalue weighted by Gasteiger charge is 2.37. The summed E-state index contributed by atoms with van der Waals surface area (Å²) in [6.45, 7) is 9.26. The smallest absolute Gasteiger partial charge is 0.307 e. The Morgan fingerprint density at radius 1 is 1.00 bits per heavy atom. The van der Waals surface area contributed by atoms with Crippen LogP contribution in [0.3, 0.4) is 0 Å². The lowest BCUT2D eigenvalue weighted by Crippen LogP contribution is -2.33. The van der Waals surface area contributed by atoms with E-state index >= 15 is 0 Å². The second kappa shape index (κ2) is 8.00. The number of benzene rings is 2. The van der Waals surface area contributed by atoms with Gasteiger partial charge in [-0.25, -0.2) is 0 Å². The molecule has 32 heavy (non-hydrogen) atoms. The first-order chi connectivity index (χ1) is 15.1. The van der Waals surface area contributed by atoms with E-state index in [1.165, 1.54) is 11.1 Å². The number of rotatable bonds is 5. The van der Waals surface area contributed by atoms with Gasteiger partial charge in [0.15, 0.2) is 0 Å². The maximum Gasteiger partial charge on any atom is 0.307 e. The predicted octanol–water partition coefficient (Wildman–Crippen LogP) is 5.77. The summed E-state index contributed by atoms with van der Waals surface area (Å²) in [4.78, 5) is 14.4. The molecule has 1 aliphatic carbocycles. The minimum absolute atomic E-state index is 0.0854. The molecule has 0 saturated heterocycles. The van der Waals surface area contributed by atoms with Crippen LogP contribution < -0.4 is 14.3 Å². The van der Waals surface area contributed by atoms with Gasteiger partial charge in [0.25, 0.3) is 0 Å². The molecule has 3 aromatic rings. The van der Waals surface area contributed by atoms with E-state index in [0.717, 1.165) is 46.6 Å². The lowest BCUT2D eigenvalue weighted by molar-refractivity contribution is 0.332. The van der Waals surface area contributed by atoms with E-state index in [2.05, 4.69) is 50.9 Å². The molecule has 0 bridgehead atoms. The zero-order valence-corrected chi connectivity index (χ0v) is 20.4. The van der Waals surface area contributed by atoms with Gasteiger partial charge < -0.3 is 14.6 Å². The van der Waals surface area contributed by atoms with E-state index < -0.39 is 0 Å². The molecule has 4 rings (SSSR count). The maximum atomic E-state index is 11.6. The average Bonchev–Trinajstić information content (AvgIpc) is 3.07. The standard InChI is InChI=1S/C26H31NO4S/c1-25(2)11-12-26(3,4)18-13-15(7-9-17(18)25)21-19(30-5)10-8-16(22(21)31-6)14-20-23(28)27-24(29)32-20/h7-10,13,28H,11-12,14H2,1-6H3,(H,27,29). The highest BCUT2D eigenvalue weighted by molar-refractivity contribution is 7.09. The SMILES string of the molecule is COc1ccc(Cc2sc(=O)[nH]c2O)c(OC)c1-c1ccc2c(c1)C(C)(C)CCC2(C)C. The molecule has 0 radical (unpaired) electrons. The van der Waals surface area contributed by atoms with Crippen LogP contribution in [0.1, 0.15) is 62.1 Å². The van der Waals surface area contributed by atoms with Gasteiger partial charge in [-0.1, -0.05) is 63.3 Å². The number of ether oxygens (including phenoxy) is 2. The first-order valence-corrected chi connectivity index (χ1v) is 11.7. The third-order valence-electron chi connectivity index (χ3n) is 6.82. The summed E-state index contributed by atoms with van der Waals surface area (Å²) < 4.78 is 11.6. The summed E-state index contributed by atoms with van der Waals surface area (Å²) >= 11 is 1.01. The van der Waals surface area contributed by atoms with Crippen LogP contribution in [0.25, 0.3) is 11.1 Å². The fourth-order valence-corrected chi connectivity index (χ4v) is 5.56. The third kappa shape index (κ3) is 3.81. The van der Waals surface area contributed by atoms with E-state index in [4.69, 9.17) is 9.47 Å². The van der Waals surface area contributed by atoms with Gasteiger partial charge in [-0.2, -0.15) is 0 Å². The van der Waals surface area contributed by atoms with Crippen molar-refractivity contribution in [1.29, 1.82) is 0 Å². The molecule has 1 aromatic heterocycles. The van der Waals surface area contributed by atoms with Gasteiger partial charge in [-0.3, -0.25) is 9.78 Å². The minimum atomic E-state index is -0.273. The van der Waals surface area contributed by atoms with Crippen molar-refractivity contribution in [2.24, 2.45) is 0 Å². The number of thiazole rings is 1. The number of aromatic nitrogens is 1. The second-order valence-electron chi connectivity index (χ2n) is 9.83. The average molecular weight is 454 g/mol. The Labute approximate surface area is 193 Å². The summed E-state index contributed by atoms with van der Waals surface area (Å²) in [6.07, 6.45) is 2.69. The predicted molar refractivity (Wildman–Crippen MR) is 130 cm³/mol. The number of aromatic amines is 1. The van der Waals surface area contributed by atoms with Crippen LogP contribution in [0.5, 0.6) is 17.4 Å². The van der Waals surface area contributed by atoms with Crippen molar-refractivity contribution in [3.63, 3.8) is 0 Å². The molecular formula is C26H31NO4S. The molecule has 2 aromatic carbocycles. The molecule has 1 aliphatic rings. The molecule has 0 spiro atoms. The van der Waals surface area contributed by atoms with Gasteiger partial charge in [-0.15, -0.1) is 0 Å². The highest BCUT2D eigenvalue weighted by atomic mass is 32.1. The van der Waals surface area contributed by atoms with Crippen molar-refractivity contribution in [3.05, 3.63) is 61.6 Å². The van der Waals surface area contributed by atoms with Crippen LogP contribution in [0.2, 0.25) is 0 Å². The molecule has 1 heterocycles. The van der Waals surface area contributed by atoms with E-state index in [0.29, 0.717) is 17.0 Å². The van der Waals surface area contributed by atoms with Gasteiger partial charge in [0.2, 0.25) is 5.88 Å². The van der Waals surface area contributed by atoms with Crippen molar-refractivity contribution in [1.82, 2.24) is 4.98 Å². The Balaban J connectivity index is 1.90. The topological polar surface area (TPSA) is 71.6 Å². The Morgan fingerprint density at radius 3 is 2.28 bits per heavy atom. The van der Waals surface area contributed by atoms with Crippen molar-refractivity contribution in [2.45, 2.75) is 57.8 Å². The Hall–Kier alpha value is -2.73. The number of nitrogens with one attached hydrogen (secondary N) is 1. The normalized spacial score (nSPS) is 16.4. The molecule has 0 aliphatic heterocycles. The quantitative estimate of drug-likeness (QED) is 0.515. The summed E-state index contributed by atoms with van der Waals surface area (Å²) in [5.74, 6) is 1.33. The Bertz CT molecular complexity index is 1220. The number of hydrogen-bond acceptors (Lipinski definition) is 5. The molecule has 0 amide bonds. The number of aromatic hydroxyl groups is 1. The molecule has 0 fully saturated rings. The van der Waals surface area contributed by atoms with Crippen LogP contribution in [0.15, 0.2) is 35.1 Å². The Morgan fingerprint density at radius 2 is 1.69 bits per heavy atom. The summed E-state index contributed by atoms with van der Waals surface area (Å²) in [6, 6.07) is 10.5. The number of methoxy groups -OCH3 is 2. The lowest BCUT2D eigenvalue weighted by Gasteiger charge is -2.42. The third-order valence-corrected chi connectivity index (χ3v) is 7.69. The maximum absolute atomic E-state index is 11.6. The van der Waals surface area contributed by atoms with Crippen molar-refractivity contribution in [3.8, 4) is 28.5 Å². The van der Waals surface area contributed by atoms with E-state index in [1.54, 1.807) is 14.2 Å². The zero-order chi connectivity index (χ0) is 23.3. The lowest BCUT2D eigenvalue weighted by atomic mass is 9.63. The zero-order valence-electron chi connectivity index (χ0n) is 19.6. The Kier molecular flexibility index (Phi) is 5.61. The van der Waals surface area contributed by atoms with Crippen molar-refractivity contribution < 1.29 is 14.6 Å². The van der Waals surface area contributed by atoms with Gasteiger partial charge in [0, 0.05) is 12.0 Å². The second-order valence-corrected chi connectivity index (χ2v) is 10.9. The summed E-state index contributed by atoms with van der Waals surface area (Å²) in [5.41, 5.74) is 5.79. The molecule has 0 unspecified atom stereocenters. The molecule has 2 N–H and O–H groups in total. The van der Waals surface area contributed by atoms with E-state index in [9.17, 15) is 9.90 Å². The van der Waals surface area contributed by atoms with Crippen LogP contribution in [-0.4, -0.2) is 24.3 Å². The number of hydrogen-bond donors (Lipinski definition) is 2. The molecule has 0 saturated carbocycles. The molecule has 5 nitrogen and oxygen atoms in total. The van der Waals surface area contributed by atoms with Crippen LogP contribution >= 0.6 is 11.3 Å². The van der Waals surface area contributed by atoms with Crippen molar-refractivity contribution >= 4 is 11.3 Å². The summed E-state index contributed by atoms with van der Waals surface area (Å²) in [5, 5.41) is 10.1. The first-order valence-electron chi connectivity index (χ1n) is 10.9. The molecule has 170 valence electrons. The fourth-order valence-electron chi connectivity index (χ4n) is 4.81. The number of fused-ring (bicyclic) bond motifs is 1. The number of H-pyrrole nitrogens is 1. The summed E-state index contributed by atoms with van der Waals surface area (Å²) in [7, 11) is 3.31. The van der Waals surface area contributed by atoms with Crippen LogP contribution in [0, 0.1) is 0 Å². The van der Waals surface area contributed by atoms with E-state index in [-0.39, 0.29) is 21.6 Å². The van der Waals surface area contributed by atoms with Crippen LogP contribution in [-0.2, 0) is 17.3 Å². The molecule has 6 heteroatoms. The minimum Gasteiger partial charge on any atom is -0.496 e.